The molecule has 2 aromatic rings. The van der Waals surface area contributed by atoms with Crippen LogP contribution in [0.4, 0.5) is 0 Å². The summed E-state index contributed by atoms with van der Waals surface area (Å²) in [5, 5.41) is 5.75. The van der Waals surface area contributed by atoms with Gasteiger partial charge in [0.15, 0.2) is 0 Å². The minimum atomic E-state index is 0.192. The lowest BCUT2D eigenvalue weighted by molar-refractivity contribution is 0.192. The summed E-state index contributed by atoms with van der Waals surface area (Å²) < 4.78 is 7.16. The van der Waals surface area contributed by atoms with Gasteiger partial charge in [0.05, 0.1) is 0 Å². The van der Waals surface area contributed by atoms with E-state index >= 15 is 0 Å². The molecule has 0 fully saturated rings. The minimum absolute atomic E-state index is 0.192. The number of thiophene rings is 1. The van der Waals surface area contributed by atoms with Crippen LogP contribution in [0.5, 0.6) is 0 Å². The van der Waals surface area contributed by atoms with E-state index in [0.717, 1.165) is 31.8 Å². The van der Waals surface area contributed by atoms with Crippen LogP contribution >= 0.6 is 11.3 Å². The van der Waals surface area contributed by atoms with Gasteiger partial charge in [-0.05, 0) is 37.3 Å². The van der Waals surface area contributed by atoms with Gasteiger partial charge in [0.1, 0.15) is 11.9 Å². The number of nitrogens with zero attached hydrogens (tertiary/aromatic N) is 2. The first-order chi connectivity index (χ1) is 9.83. The molecule has 2 aromatic heterocycles. The second kappa shape index (κ2) is 8.19. The molecule has 20 heavy (non-hydrogen) atoms. The van der Waals surface area contributed by atoms with Crippen molar-refractivity contribution in [1.82, 2.24) is 14.9 Å². The molecule has 0 saturated heterocycles. The average molecular weight is 293 g/mol. The highest BCUT2D eigenvalue weighted by molar-refractivity contribution is 7.10. The van der Waals surface area contributed by atoms with Crippen molar-refractivity contribution in [2.24, 2.45) is 7.05 Å². The molecule has 1 unspecified atom stereocenters. The number of aromatic nitrogens is 2. The van der Waals surface area contributed by atoms with Gasteiger partial charge in [-0.1, -0.05) is 6.07 Å². The number of methoxy groups -OCH3 is 1. The summed E-state index contributed by atoms with van der Waals surface area (Å²) in [7, 11) is 3.80. The molecule has 1 N–H and O–H groups in total. The third-order valence-corrected chi connectivity index (χ3v) is 4.26. The number of hydrogen-bond acceptors (Lipinski definition) is 4. The smallest absolute Gasteiger partial charge is 0.131 e. The maximum absolute atomic E-state index is 5.07. The Kier molecular flexibility index (Phi) is 6.24. The Morgan fingerprint density at radius 1 is 1.40 bits per heavy atom. The number of unbranched alkanes of at least 4 members (excludes halogenated alkanes) is 2. The van der Waals surface area contributed by atoms with Gasteiger partial charge in [-0.15, -0.1) is 11.3 Å². The van der Waals surface area contributed by atoms with Crippen LogP contribution in [0.25, 0.3) is 0 Å². The zero-order chi connectivity index (χ0) is 14.2. The summed E-state index contributed by atoms with van der Waals surface area (Å²) >= 11 is 1.77. The molecule has 2 heterocycles. The topological polar surface area (TPSA) is 39.1 Å². The summed E-state index contributed by atoms with van der Waals surface area (Å²) in [4.78, 5) is 5.80. The minimum Gasteiger partial charge on any atom is -0.385 e. The molecular formula is C15H23N3OS. The standard InChI is InChI=1S/C15H23N3OS/c1-18-10-9-17-15(18)14(13-7-6-12-20-13)16-8-4-3-5-11-19-2/h6-7,9-10,12,14,16H,3-5,8,11H2,1-2H3. The molecule has 0 aliphatic carbocycles. The first-order valence-corrected chi connectivity index (χ1v) is 7.94. The van der Waals surface area contributed by atoms with Crippen molar-refractivity contribution in [1.29, 1.82) is 0 Å². The van der Waals surface area contributed by atoms with Gasteiger partial charge in [-0.3, -0.25) is 0 Å². The lowest BCUT2D eigenvalue weighted by atomic mass is 10.2. The zero-order valence-corrected chi connectivity index (χ0v) is 13.0. The Hall–Kier alpha value is -1.17. The van der Waals surface area contributed by atoms with Crippen molar-refractivity contribution >= 4 is 11.3 Å². The largest absolute Gasteiger partial charge is 0.385 e. The molecule has 2 rings (SSSR count). The van der Waals surface area contributed by atoms with E-state index in [1.165, 1.54) is 11.3 Å². The van der Waals surface area contributed by atoms with Crippen LogP contribution in [0.15, 0.2) is 29.9 Å². The highest BCUT2D eigenvalue weighted by atomic mass is 32.1. The van der Waals surface area contributed by atoms with Crippen molar-refractivity contribution in [3.8, 4) is 0 Å². The Bertz CT molecular complexity index is 481. The van der Waals surface area contributed by atoms with E-state index in [9.17, 15) is 0 Å². The average Bonchev–Trinajstić information content (AvgIpc) is 3.10. The van der Waals surface area contributed by atoms with Gasteiger partial charge in [0.2, 0.25) is 0 Å². The van der Waals surface area contributed by atoms with E-state index in [2.05, 4.69) is 32.4 Å². The molecule has 110 valence electrons. The summed E-state index contributed by atoms with van der Waals surface area (Å²) in [6, 6.07) is 4.45. The maximum Gasteiger partial charge on any atom is 0.131 e. The van der Waals surface area contributed by atoms with Crippen LogP contribution in [0, 0.1) is 0 Å². The second-order valence-corrected chi connectivity index (χ2v) is 5.83. The fourth-order valence-electron chi connectivity index (χ4n) is 2.22. The molecule has 0 radical (unpaired) electrons. The van der Waals surface area contributed by atoms with Gasteiger partial charge in [0, 0.05) is 38.0 Å². The van der Waals surface area contributed by atoms with E-state index in [-0.39, 0.29) is 6.04 Å². The summed E-state index contributed by atoms with van der Waals surface area (Å²) in [5.74, 6) is 1.07. The molecule has 1 atom stereocenters. The van der Waals surface area contributed by atoms with Crippen molar-refractivity contribution in [2.75, 3.05) is 20.3 Å². The normalized spacial score (nSPS) is 12.7. The Morgan fingerprint density at radius 2 is 2.30 bits per heavy atom. The first-order valence-electron chi connectivity index (χ1n) is 7.06. The van der Waals surface area contributed by atoms with Gasteiger partial charge in [-0.2, -0.15) is 0 Å². The fourth-order valence-corrected chi connectivity index (χ4v) is 3.02. The van der Waals surface area contributed by atoms with Crippen molar-refractivity contribution < 1.29 is 4.74 Å². The number of aryl methyl sites for hydroxylation is 1. The molecule has 0 aliphatic heterocycles. The third-order valence-electron chi connectivity index (χ3n) is 3.32. The third kappa shape index (κ3) is 4.16. The highest BCUT2D eigenvalue weighted by Gasteiger charge is 2.18. The number of imidazole rings is 1. The van der Waals surface area contributed by atoms with Crippen molar-refractivity contribution in [3.05, 3.63) is 40.6 Å². The number of rotatable bonds is 9. The summed E-state index contributed by atoms with van der Waals surface area (Å²) in [6.45, 7) is 1.85. The summed E-state index contributed by atoms with van der Waals surface area (Å²) in [6.07, 6.45) is 7.34. The lowest BCUT2D eigenvalue weighted by Gasteiger charge is -2.17. The van der Waals surface area contributed by atoms with Crippen LogP contribution in [0.2, 0.25) is 0 Å². The van der Waals surface area contributed by atoms with E-state index < -0.39 is 0 Å². The van der Waals surface area contributed by atoms with Gasteiger partial charge < -0.3 is 14.6 Å². The van der Waals surface area contributed by atoms with Crippen molar-refractivity contribution in [2.45, 2.75) is 25.3 Å². The Labute approximate surface area is 124 Å². The zero-order valence-electron chi connectivity index (χ0n) is 12.2. The number of hydrogen-bond donors (Lipinski definition) is 1. The van der Waals surface area contributed by atoms with Gasteiger partial charge in [0.25, 0.3) is 0 Å². The van der Waals surface area contributed by atoms with Crippen molar-refractivity contribution in [3.63, 3.8) is 0 Å². The fraction of sp³-hybridized carbons (Fsp3) is 0.533. The monoisotopic (exact) mass is 293 g/mol. The molecule has 0 saturated carbocycles. The van der Waals surface area contributed by atoms with Crippen LogP contribution in [0.1, 0.15) is 36.0 Å². The van der Waals surface area contributed by atoms with E-state index in [1.54, 1.807) is 18.4 Å². The quantitative estimate of drug-likeness (QED) is 0.722. The van der Waals surface area contributed by atoms with E-state index in [0.29, 0.717) is 0 Å². The Morgan fingerprint density at radius 3 is 2.95 bits per heavy atom. The molecule has 4 nitrogen and oxygen atoms in total. The first kappa shape index (κ1) is 15.2. The molecular weight excluding hydrogens is 270 g/mol. The van der Waals surface area contributed by atoms with E-state index in [4.69, 9.17) is 4.74 Å². The molecule has 0 aromatic carbocycles. The number of nitrogens with one attached hydrogen (secondary N) is 1. The van der Waals surface area contributed by atoms with Crippen LogP contribution in [-0.4, -0.2) is 29.8 Å². The second-order valence-electron chi connectivity index (χ2n) is 4.85. The predicted octanol–water partition coefficient (Wildman–Crippen LogP) is 2.98. The molecule has 0 bridgehead atoms. The molecule has 0 amide bonds. The maximum atomic E-state index is 5.07. The summed E-state index contributed by atoms with van der Waals surface area (Å²) in [5.41, 5.74) is 0. The number of ether oxygens (including phenoxy) is 1. The molecule has 5 heteroatoms. The predicted molar refractivity (Wildman–Crippen MR) is 83.1 cm³/mol. The van der Waals surface area contributed by atoms with Gasteiger partial charge in [-0.25, -0.2) is 4.98 Å². The Balaban J connectivity index is 1.90. The highest BCUT2D eigenvalue weighted by Crippen LogP contribution is 2.24. The molecule has 0 spiro atoms. The van der Waals surface area contributed by atoms with E-state index in [1.807, 2.05) is 19.4 Å². The van der Waals surface area contributed by atoms with Crippen LogP contribution in [-0.2, 0) is 11.8 Å². The SMILES string of the molecule is COCCCCCNC(c1cccs1)c1nccn1C. The van der Waals surface area contributed by atoms with Crippen LogP contribution < -0.4 is 5.32 Å². The molecule has 0 aliphatic rings. The lowest BCUT2D eigenvalue weighted by Crippen LogP contribution is -2.25. The van der Waals surface area contributed by atoms with Crippen LogP contribution in [0.3, 0.4) is 0 Å². The van der Waals surface area contributed by atoms with Gasteiger partial charge >= 0.3 is 0 Å².